The number of aliphatic hydroxyl groups is 2. The van der Waals surface area contributed by atoms with Gasteiger partial charge in [0.25, 0.3) is 0 Å². The van der Waals surface area contributed by atoms with Gasteiger partial charge in [0.05, 0.1) is 17.3 Å². The predicted molar refractivity (Wildman–Crippen MR) is 120 cm³/mol. The van der Waals surface area contributed by atoms with Crippen molar-refractivity contribution < 1.29 is 28.2 Å². The number of nitrogens with zero attached hydrogens (tertiary/aromatic N) is 2. The summed E-state index contributed by atoms with van der Waals surface area (Å²) >= 11 is 0. The van der Waals surface area contributed by atoms with Gasteiger partial charge in [0.2, 0.25) is 0 Å². The molecule has 0 radical (unpaired) electrons. The lowest BCUT2D eigenvalue weighted by atomic mass is 9.68. The van der Waals surface area contributed by atoms with E-state index in [2.05, 4.69) is 9.97 Å². The van der Waals surface area contributed by atoms with E-state index >= 15 is 0 Å². The Hall–Kier alpha value is -3.10. The second-order valence-electron chi connectivity index (χ2n) is 9.11. The van der Waals surface area contributed by atoms with Gasteiger partial charge in [-0.3, -0.25) is 9.78 Å². The van der Waals surface area contributed by atoms with Gasteiger partial charge in [-0.25, -0.2) is 18.2 Å². The van der Waals surface area contributed by atoms with Crippen molar-refractivity contribution in [3.05, 3.63) is 83.1 Å². The van der Waals surface area contributed by atoms with Crippen molar-refractivity contribution in [3.8, 4) is 11.3 Å². The number of benzene rings is 1. The zero-order valence-electron chi connectivity index (χ0n) is 18.8. The highest BCUT2D eigenvalue weighted by molar-refractivity contribution is 5.96. The van der Waals surface area contributed by atoms with Crippen LogP contribution in [-0.4, -0.2) is 37.7 Å². The third-order valence-electron chi connectivity index (χ3n) is 6.88. The van der Waals surface area contributed by atoms with E-state index in [0.717, 1.165) is 29.8 Å². The zero-order chi connectivity index (χ0) is 24.6. The Morgan fingerprint density at radius 3 is 2.47 bits per heavy atom. The number of carbonyl (C=O) groups excluding carboxylic acids is 1. The van der Waals surface area contributed by atoms with Gasteiger partial charge < -0.3 is 10.2 Å². The molecule has 2 heterocycles. The average Bonchev–Trinajstić information content (AvgIpc) is 2.79. The van der Waals surface area contributed by atoms with Crippen LogP contribution in [-0.2, 0) is 6.42 Å². The van der Waals surface area contributed by atoms with Crippen molar-refractivity contribution in [2.45, 2.75) is 50.7 Å². The van der Waals surface area contributed by atoms with Gasteiger partial charge in [-0.05, 0) is 73.1 Å². The summed E-state index contributed by atoms with van der Waals surface area (Å²) in [6.07, 6.45) is 3.06. The number of hydrogen-bond acceptors (Lipinski definition) is 5. The van der Waals surface area contributed by atoms with Gasteiger partial charge in [0.15, 0.2) is 5.78 Å². The smallest absolute Gasteiger partial charge is 0.185 e. The van der Waals surface area contributed by atoms with Crippen molar-refractivity contribution in [1.82, 2.24) is 9.97 Å². The highest BCUT2D eigenvalue weighted by atomic mass is 19.1. The van der Waals surface area contributed by atoms with Crippen molar-refractivity contribution in [2.24, 2.45) is 5.92 Å². The SMILES string of the molecule is C[C@H]1C[C@@H](c2ccncc2CC(=O)c2ccc(F)c(-c3c(F)cccc3F)n2)C[C@@H](O)[C@]1(C)O. The summed E-state index contributed by atoms with van der Waals surface area (Å²) in [4.78, 5) is 21.1. The fraction of sp³-hybridized carbons (Fsp3) is 0.346. The average molecular weight is 470 g/mol. The lowest BCUT2D eigenvalue weighted by Crippen LogP contribution is -2.49. The fourth-order valence-electron chi connectivity index (χ4n) is 4.60. The number of hydrogen-bond donors (Lipinski definition) is 2. The summed E-state index contributed by atoms with van der Waals surface area (Å²) in [7, 11) is 0. The molecular formula is C26H25F3N2O3. The van der Waals surface area contributed by atoms with E-state index in [4.69, 9.17) is 0 Å². The Balaban J connectivity index is 1.63. The molecule has 0 unspecified atom stereocenters. The van der Waals surface area contributed by atoms with Gasteiger partial charge in [-0.15, -0.1) is 0 Å². The molecule has 5 nitrogen and oxygen atoms in total. The molecule has 4 rings (SSSR count). The molecule has 2 N–H and O–H groups in total. The lowest BCUT2D eigenvalue weighted by Gasteiger charge is -2.43. The van der Waals surface area contributed by atoms with Crippen LogP contribution in [0.5, 0.6) is 0 Å². The highest BCUT2D eigenvalue weighted by Crippen LogP contribution is 2.42. The van der Waals surface area contributed by atoms with Crippen LogP contribution in [0.2, 0.25) is 0 Å². The van der Waals surface area contributed by atoms with Crippen LogP contribution in [0.3, 0.4) is 0 Å². The first-order valence-electron chi connectivity index (χ1n) is 11.1. The molecule has 0 amide bonds. The number of ketones is 1. The molecule has 178 valence electrons. The quantitative estimate of drug-likeness (QED) is 0.532. The van der Waals surface area contributed by atoms with E-state index in [0.29, 0.717) is 18.4 Å². The molecule has 4 atom stereocenters. The van der Waals surface area contributed by atoms with Crippen molar-refractivity contribution in [1.29, 1.82) is 0 Å². The maximum atomic E-state index is 14.4. The third kappa shape index (κ3) is 4.48. The van der Waals surface area contributed by atoms with Gasteiger partial charge in [0, 0.05) is 18.8 Å². The van der Waals surface area contributed by atoms with E-state index in [-0.39, 0.29) is 24.0 Å². The maximum absolute atomic E-state index is 14.4. The van der Waals surface area contributed by atoms with Crippen molar-refractivity contribution in [3.63, 3.8) is 0 Å². The molecule has 1 aliphatic rings. The number of aliphatic hydroxyl groups excluding tert-OH is 1. The van der Waals surface area contributed by atoms with E-state index in [1.807, 2.05) is 6.92 Å². The molecular weight excluding hydrogens is 445 g/mol. The first-order valence-corrected chi connectivity index (χ1v) is 11.1. The summed E-state index contributed by atoms with van der Waals surface area (Å²) in [5.41, 5.74) is -1.09. The van der Waals surface area contributed by atoms with Gasteiger partial charge in [-0.2, -0.15) is 0 Å². The molecule has 34 heavy (non-hydrogen) atoms. The number of Topliss-reactive ketones (excluding diaryl/α,β-unsaturated/α-hetero) is 1. The Morgan fingerprint density at radius 2 is 1.79 bits per heavy atom. The zero-order valence-corrected chi connectivity index (χ0v) is 18.8. The summed E-state index contributed by atoms with van der Waals surface area (Å²) in [5.74, 6) is -3.64. The summed E-state index contributed by atoms with van der Waals surface area (Å²) in [6.45, 7) is 3.49. The van der Waals surface area contributed by atoms with Crippen LogP contribution in [0.15, 0.2) is 48.8 Å². The third-order valence-corrected chi connectivity index (χ3v) is 6.88. The monoisotopic (exact) mass is 470 g/mol. The predicted octanol–water partition coefficient (Wildman–Crippen LogP) is 4.61. The van der Waals surface area contributed by atoms with Crippen LogP contribution in [0, 0.1) is 23.4 Å². The standard InChI is InChI=1S/C26H25F3N2O3/c1-14-10-15(12-23(33)26(14,2)34)17-8-9-30-13-16(17)11-22(32)21-7-6-20(29)25(31-21)24-18(27)4-3-5-19(24)28/h3-9,13-15,23,33-34H,10-12H2,1-2H3/t14-,15+,23+,26+/m0/s1. The minimum absolute atomic E-state index is 0.0970. The maximum Gasteiger partial charge on any atom is 0.185 e. The minimum Gasteiger partial charge on any atom is -0.390 e. The molecule has 1 fully saturated rings. The highest BCUT2D eigenvalue weighted by Gasteiger charge is 2.43. The molecule has 1 aromatic carbocycles. The molecule has 1 saturated carbocycles. The number of rotatable bonds is 5. The summed E-state index contributed by atoms with van der Waals surface area (Å²) in [6, 6.07) is 7.07. The summed E-state index contributed by atoms with van der Waals surface area (Å²) in [5, 5.41) is 21.0. The molecule has 1 aliphatic carbocycles. The van der Waals surface area contributed by atoms with Crippen molar-refractivity contribution >= 4 is 5.78 Å². The van der Waals surface area contributed by atoms with Crippen LogP contribution in [0.1, 0.15) is 54.2 Å². The number of pyridine rings is 2. The molecule has 0 saturated heterocycles. The Labute approximate surface area is 195 Å². The Morgan fingerprint density at radius 1 is 1.09 bits per heavy atom. The molecule has 0 aliphatic heterocycles. The normalized spacial score (nSPS) is 24.7. The lowest BCUT2D eigenvalue weighted by molar-refractivity contribution is -0.123. The Bertz CT molecular complexity index is 1200. The minimum atomic E-state index is -1.20. The van der Waals surface area contributed by atoms with Crippen LogP contribution < -0.4 is 0 Å². The van der Waals surface area contributed by atoms with Crippen LogP contribution in [0.25, 0.3) is 11.3 Å². The van der Waals surface area contributed by atoms with E-state index in [1.54, 1.807) is 25.4 Å². The van der Waals surface area contributed by atoms with Crippen LogP contribution in [0.4, 0.5) is 13.2 Å². The second kappa shape index (κ2) is 9.27. The first kappa shape index (κ1) is 24.0. The van der Waals surface area contributed by atoms with E-state index in [9.17, 15) is 28.2 Å². The second-order valence-corrected chi connectivity index (χ2v) is 9.11. The molecule has 2 aromatic heterocycles. The van der Waals surface area contributed by atoms with E-state index in [1.165, 1.54) is 6.07 Å². The fourth-order valence-corrected chi connectivity index (χ4v) is 4.60. The molecule has 3 aromatic rings. The first-order chi connectivity index (χ1) is 16.1. The van der Waals surface area contributed by atoms with E-state index < -0.39 is 46.2 Å². The number of halogens is 3. The Kier molecular flexibility index (Phi) is 6.55. The summed E-state index contributed by atoms with van der Waals surface area (Å²) < 4.78 is 42.8. The van der Waals surface area contributed by atoms with Gasteiger partial charge in [0.1, 0.15) is 28.8 Å². The molecule has 0 bridgehead atoms. The number of carbonyl (C=O) groups is 1. The number of aromatic nitrogens is 2. The van der Waals surface area contributed by atoms with Crippen molar-refractivity contribution in [2.75, 3.05) is 0 Å². The van der Waals surface area contributed by atoms with Crippen LogP contribution >= 0.6 is 0 Å². The topological polar surface area (TPSA) is 83.3 Å². The van der Waals surface area contributed by atoms with Gasteiger partial charge >= 0.3 is 0 Å². The molecule has 8 heteroatoms. The molecule has 0 spiro atoms. The largest absolute Gasteiger partial charge is 0.390 e. The van der Waals surface area contributed by atoms with Gasteiger partial charge in [-0.1, -0.05) is 13.0 Å².